The summed E-state index contributed by atoms with van der Waals surface area (Å²) in [6, 6.07) is 7.68. The minimum absolute atomic E-state index is 0.422. The molecule has 0 radical (unpaired) electrons. The fourth-order valence-electron chi connectivity index (χ4n) is 2.00. The van der Waals surface area contributed by atoms with Crippen LogP contribution < -0.4 is 4.74 Å². The van der Waals surface area contributed by atoms with Crippen molar-refractivity contribution in [1.29, 1.82) is 0 Å². The lowest BCUT2D eigenvalue weighted by atomic mass is 10.1. The van der Waals surface area contributed by atoms with E-state index >= 15 is 0 Å². The van der Waals surface area contributed by atoms with Gasteiger partial charge in [-0.2, -0.15) is 4.98 Å². The molecule has 7 nitrogen and oxygen atoms in total. The first-order chi connectivity index (χ1) is 10.3. The van der Waals surface area contributed by atoms with E-state index in [1.807, 2.05) is 37.4 Å². The molecular weight excluding hydrogens is 270 g/mol. The summed E-state index contributed by atoms with van der Waals surface area (Å²) >= 11 is 0. The summed E-state index contributed by atoms with van der Waals surface area (Å²) in [7, 11) is 1.63. The van der Waals surface area contributed by atoms with Crippen LogP contribution in [0.4, 0.5) is 0 Å². The third-order valence-corrected chi connectivity index (χ3v) is 3.04. The number of ether oxygens (including phenoxy) is 1. The Kier molecular flexibility index (Phi) is 3.63. The summed E-state index contributed by atoms with van der Waals surface area (Å²) in [4.78, 5) is 4.25. The van der Waals surface area contributed by atoms with E-state index in [9.17, 15) is 0 Å². The van der Waals surface area contributed by atoms with Gasteiger partial charge in [-0.25, -0.2) is 4.68 Å². The molecule has 1 aromatic carbocycles. The largest absolute Gasteiger partial charge is 0.496 e. The highest BCUT2D eigenvalue weighted by Crippen LogP contribution is 2.27. The monoisotopic (exact) mass is 285 g/mol. The molecule has 108 valence electrons. The highest BCUT2D eigenvalue weighted by molar-refractivity contribution is 5.65. The minimum atomic E-state index is 0.422. The topological polar surface area (TPSA) is 78.9 Å². The molecule has 0 aliphatic rings. The zero-order chi connectivity index (χ0) is 14.7. The fraction of sp³-hybridized carbons (Fsp3) is 0.286. The van der Waals surface area contributed by atoms with Gasteiger partial charge in [-0.1, -0.05) is 29.4 Å². The quantitative estimate of drug-likeness (QED) is 0.713. The first-order valence-electron chi connectivity index (χ1n) is 6.65. The molecule has 0 amide bonds. The van der Waals surface area contributed by atoms with E-state index in [4.69, 9.17) is 9.26 Å². The van der Waals surface area contributed by atoms with Crippen molar-refractivity contribution < 1.29 is 9.26 Å². The van der Waals surface area contributed by atoms with Crippen LogP contribution >= 0.6 is 0 Å². The van der Waals surface area contributed by atoms with Crippen LogP contribution in [-0.4, -0.2) is 32.2 Å². The molecule has 0 spiro atoms. The highest BCUT2D eigenvalue weighted by Gasteiger charge is 2.11. The molecule has 3 rings (SSSR count). The maximum atomic E-state index is 5.33. The first-order valence-corrected chi connectivity index (χ1v) is 6.65. The molecule has 7 heteroatoms. The van der Waals surface area contributed by atoms with Crippen LogP contribution in [0, 0.1) is 0 Å². The number of benzene rings is 1. The van der Waals surface area contributed by atoms with E-state index in [-0.39, 0.29) is 0 Å². The van der Waals surface area contributed by atoms with E-state index < -0.39 is 0 Å². The van der Waals surface area contributed by atoms with Crippen molar-refractivity contribution in [3.05, 3.63) is 42.2 Å². The van der Waals surface area contributed by atoms with E-state index in [1.165, 1.54) is 0 Å². The van der Waals surface area contributed by atoms with E-state index in [0.29, 0.717) is 18.3 Å². The number of aryl methyl sites for hydroxylation is 1. The van der Waals surface area contributed by atoms with Gasteiger partial charge in [-0.15, -0.1) is 5.10 Å². The second-order valence-corrected chi connectivity index (χ2v) is 4.46. The number of aromatic nitrogens is 5. The molecule has 0 fully saturated rings. The average molecular weight is 285 g/mol. The molecule has 21 heavy (non-hydrogen) atoms. The van der Waals surface area contributed by atoms with Gasteiger partial charge in [-0.05, 0) is 12.1 Å². The molecule has 0 bridgehead atoms. The molecule has 2 heterocycles. The van der Waals surface area contributed by atoms with Gasteiger partial charge in [0.25, 0.3) is 0 Å². The Labute approximate surface area is 121 Å². The Bertz CT molecular complexity index is 734. The standard InChI is InChI=1S/C14H15N5O2/c1-3-14-15-13(17-21-14)9-19-8-11(16-18-19)10-6-4-5-7-12(10)20-2/h4-8H,3,9H2,1-2H3. The molecule has 0 N–H and O–H groups in total. The summed E-state index contributed by atoms with van der Waals surface area (Å²) < 4.78 is 12.1. The summed E-state index contributed by atoms with van der Waals surface area (Å²) in [6.07, 6.45) is 2.55. The van der Waals surface area contributed by atoms with Crippen molar-refractivity contribution in [2.45, 2.75) is 19.9 Å². The van der Waals surface area contributed by atoms with Crippen molar-refractivity contribution >= 4 is 0 Å². The van der Waals surface area contributed by atoms with Crippen LogP contribution in [0.2, 0.25) is 0 Å². The minimum Gasteiger partial charge on any atom is -0.496 e. The van der Waals surface area contributed by atoms with Crippen LogP contribution in [0.1, 0.15) is 18.6 Å². The van der Waals surface area contributed by atoms with Gasteiger partial charge in [0.15, 0.2) is 5.82 Å². The van der Waals surface area contributed by atoms with Crippen LogP contribution in [0.15, 0.2) is 35.0 Å². The van der Waals surface area contributed by atoms with Crippen LogP contribution in [0.5, 0.6) is 5.75 Å². The number of methoxy groups -OCH3 is 1. The Morgan fingerprint density at radius 1 is 1.29 bits per heavy atom. The highest BCUT2D eigenvalue weighted by atomic mass is 16.5. The fourth-order valence-corrected chi connectivity index (χ4v) is 2.00. The molecule has 0 unspecified atom stereocenters. The molecule has 0 aliphatic heterocycles. The third kappa shape index (κ3) is 2.76. The average Bonchev–Trinajstić information content (AvgIpc) is 3.17. The number of hydrogen-bond acceptors (Lipinski definition) is 6. The summed E-state index contributed by atoms with van der Waals surface area (Å²) in [5.74, 6) is 1.97. The number of rotatable bonds is 5. The van der Waals surface area contributed by atoms with Gasteiger partial charge in [0.2, 0.25) is 5.89 Å². The predicted octanol–water partition coefficient (Wildman–Crippen LogP) is 1.95. The van der Waals surface area contributed by atoms with Gasteiger partial charge >= 0.3 is 0 Å². The summed E-state index contributed by atoms with van der Waals surface area (Å²) in [6.45, 7) is 2.39. The van der Waals surface area contributed by atoms with Gasteiger partial charge in [-0.3, -0.25) is 0 Å². The molecule has 0 saturated carbocycles. The van der Waals surface area contributed by atoms with Crippen LogP contribution in [0.3, 0.4) is 0 Å². The van der Waals surface area contributed by atoms with E-state index in [1.54, 1.807) is 11.8 Å². The van der Waals surface area contributed by atoms with Crippen molar-refractivity contribution in [2.24, 2.45) is 0 Å². The predicted molar refractivity (Wildman–Crippen MR) is 74.8 cm³/mol. The summed E-state index contributed by atoms with van der Waals surface area (Å²) in [5.41, 5.74) is 1.64. The Hall–Kier alpha value is -2.70. The number of hydrogen-bond donors (Lipinski definition) is 0. The maximum absolute atomic E-state index is 5.33. The van der Waals surface area contributed by atoms with Gasteiger partial charge < -0.3 is 9.26 Å². The third-order valence-electron chi connectivity index (χ3n) is 3.04. The van der Waals surface area contributed by atoms with Crippen molar-refractivity contribution in [3.8, 4) is 17.0 Å². The number of para-hydroxylation sites is 1. The molecule has 3 aromatic rings. The van der Waals surface area contributed by atoms with Crippen molar-refractivity contribution in [1.82, 2.24) is 25.1 Å². The van der Waals surface area contributed by atoms with Crippen molar-refractivity contribution in [3.63, 3.8) is 0 Å². The molecular formula is C14H15N5O2. The number of nitrogens with zero attached hydrogens (tertiary/aromatic N) is 5. The van der Waals surface area contributed by atoms with E-state index in [0.717, 1.165) is 23.4 Å². The normalized spacial score (nSPS) is 10.8. The Balaban J connectivity index is 1.83. The lowest BCUT2D eigenvalue weighted by Gasteiger charge is -2.04. The zero-order valence-corrected chi connectivity index (χ0v) is 11.9. The first kappa shape index (κ1) is 13.3. The SMILES string of the molecule is CCc1nc(Cn2cc(-c3ccccc3OC)nn2)no1. The second-order valence-electron chi connectivity index (χ2n) is 4.46. The smallest absolute Gasteiger partial charge is 0.226 e. The maximum Gasteiger partial charge on any atom is 0.226 e. The lowest BCUT2D eigenvalue weighted by Crippen LogP contribution is -2.02. The lowest BCUT2D eigenvalue weighted by molar-refractivity contribution is 0.374. The van der Waals surface area contributed by atoms with Crippen molar-refractivity contribution in [2.75, 3.05) is 7.11 Å². The Morgan fingerprint density at radius 3 is 2.90 bits per heavy atom. The Morgan fingerprint density at radius 2 is 2.14 bits per heavy atom. The molecule has 0 atom stereocenters. The van der Waals surface area contributed by atoms with Crippen LogP contribution in [0.25, 0.3) is 11.3 Å². The van der Waals surface area contributed by atoms with Gasteiger partial charge in [0.1, 0.15) is 18.0 Å². The zero-order valence-electron chi connectivity index (χ0n) is 11.9. The molecule has 2 aromatic heterocycles. The molecule has 0 aliphatic carbocycles. The van der Waals surface area contributed by atoms with E-state index in [2.05, 4.69) is 20.5 Å². The molecule has 0 saturated heterocycles. The van der Waals surface area contributed by atoms with Gasteiger partial charge in [0.05, 0.1) is 13.3 Å². The van der Waals surface area contributed by atoms with Crippen LogP contribution in [-0.2, 0) is 13.0 Å². The van der Waals surface area contributed by atoms with Gasteiger partial charge in [0, 0.05) is 12.0 Å². The summed E-state index contributed by atoms with van der Waals surface area (Å²) in [5, 5.41) is 12.2. The second kappa shape index (κ2) is 5.74.